The molecular formula is C13H12ClFO2. The van der Waals surface area contributed by atoms with Gasteiger partial charge in [-0.1, -0.05) is 18.5 Å². The van der Waals surface area contributed by atoms with Crippen molar-refractivity contribution in [3.8, 4) is 11.3 Å². The Kier molecular flexibility index (Phi) is 3.50. The summed E-state index contributed by atoms with van der Waals surface area (Å²) in [7, 11) is 0. The number of hydrogen-bond acceptors (Lipinski definition) is 2. The topological polar surface area (TPSA) is 33.4 Å². The van der Waals surface area contributed by atoms with E-state index in [4.69, 9.17) is 16.0 Å². The molecule has 0 spiro atoms. The molecule has 4 heteroatoms. The van der Waals surface area contributed by atoms with Gasteiger partial charge >= 0.3 is 0 Å². The Morgan fingerprint density at radius 2 is 2.12 bits per heavy atom. The monoisotopic (exact) mass is 254 g/mol. The molecule has 0 bridgehead atoms. The lowest BCUT2D eigenvalue weighted by Crippen LogP contribution is -1.91. The number of hydrogen-bond donors (Lipinski definition) is 1. The molecule has 2 rings (SSSR count). The number of benzene rings is 1. The molecule has 1 atom stereocenters. The summed E-state index contributed by atoms with van der Waals surface area (Å²) in [5.74, 6) is 0.554. The molecule has 0 saturated heterocycles. The van der Waals surface area contributed by atoms with Gasteiger partial charge in [0.25, 0.3) is 0 Å². The average Bonchev–Trinajstić information content (AvgIpc) is 2.76. The first-order valence-electron chi connectivity index (χ1n) is 5.34. The lowest BCUT2D eigenvalue weighted by Gasteiger charge is -2.03. The average molecular weight is 255 g/mol. The molecule has 1 aromatic carbocycles. The maximum Gasteiger partial charge on any atom is 0.134 e. The van der Waals surface area contributed by atoms with E-state index < -0.39 is 11.9 Å². The van der Waals surface area contributed by atoms with Crippen molar-refractivity contribution in [1.29, 1.82) is 0 Å². The highest BCUT2D eigenvalue weighted by Gasteiger charge is 2.12. The molecule has 1 aromatic heterocycles. The van der Waals surface area contributed by atoms with Crippen molar-refractivity contribution in [2.24, 2.45) is 0 Å². The molecule has 0 saturated carbocycles. The normalized spacial score (nSPS) is 12.7. The van der Waals surface area contributed by atoms with Crippen LogP contribution in [0.2, 0.25) is 5.02 Å². The van der Waals surface area contributed by atoms with Gasteiger partial charge in [-0.15, -0.1) is 0 Å². The molecule has 2 aromatic rings. The van der Waals surface area contributed by atoms with Gasteiger partial charge in [-0.3, -0.25) is 0 Å². The van der Waals surface area contributed by atoms with Crippen molar-refractivity contribution in [3.63, 3.8) is 0 Å². The number of aliphatic hydroxyl groups is 1. The van der Waals surface area contributed by atoms with Crippen LogP contribution in [0, 0.1) is 5.82 Å². The van der Waals surface area contributed by atoms with Gasteiger partial charge in [-0.25, -0.2) is 4.39 Å². The van der Waals surface area contributed by atoms with E-state index in [-0.39, 0.29) is 0 Å². The van der Waals surface area contributed by atoms with Gasteiger partial charge in [0.05, 0.1) is 0 Å². The van der Waals surface area contributed by atoms with E-state index in [0.29, 0.717) is 28.5 Å². The Balaban J connectivity index is 2.36. The molecule has 0 aliphatic heterocycles. The number of furan rings is 1. The van der Waals surface area contributed by atoms with Crippen LogP contribution in [0.3, 0.4) is 0 Å². The van der Waals surface area contributed by atoms with E-state index in [1.165, 1.54) is 12.1 Å². The Morgan fingerprint density at radius 3 is 2.76 bits per heavy atom. The summed E-state index contributed by atoms with van der Waals surface area (Å²) in [6, 6.07) is 7.57. The van der Waals surface area contributed by atoms with Gasteiger partial charge in [0.2, 0.25) is 0 Å². The molecule has 0 aliphatic carbocycles. The zero-order chi connectivity index (χ0) is 12.4. The molecule has 1 heterocycles. The third-order valence-electron chi connectivity index (χ3n) is 2.49. The fraction of sp³-hybridized carbons (Fsp3) is 0.231. The van der Waals surface area contributed by atoms with Gasteiger partial charge in [0.15, 0.2) is 0 Å². The van der Waals surface area contributed by atoms with Crippen molar-refractivity contribution in [2.45, 2.75) is 19.4 Å². The zero-order valence-corrected chi connectivity index (χ0v) is 10.0. The Morgan fingerprint density at radius 1 is 1.35 bits per heavy atom. The molecule has 17 heavy (non-hydrogen) atoms. The minimum atomic E-state index is -0.632. The smallest absolute Gasteiger partial charge is 0.134 e. The molecule has 0 radical (unpaired) electrons. The maximum absolute atomic E-state index is 13.2. The van der Waals surface area contributed by atoms with Gasteiger partial charge in [-0.2, -0.15) is 0 Å². The summed E-state index contributed by atoms with van der Waals surface area (Å²) < 4.78 is 18.6. The van der Waals surface area contributed by atoms with Crippen molar-refractivity contribution < 1.29 is 13.9 Å². The van der Waals surface area contributed by atoms with Crippen molar-refractivity contribution in [2.75, 3.05) is 0 Å². The molecule has 2 nitrogen and oxygen atoms in total. The highest BCUT2D eigenvalue weighted by molar-refractivity contribution is 6.30. The number of aliphatic hydroxyl groups excluding tert-OH is 1. The maximum atomic E-state index is 13.2. The van der Waals surface area contributed by atoms with E-state index in [1.807, 2.05) is 6.92 Å². The quantitative estimate of drug-likeness (QED) is 0.891. The van der Waals surface area contributed by atoms with Crippen molar-refractivity contribution >= 4 is 11.6 Å². The largest absolute Gasteiger partial charge is 0.458 e. The fourth-order valence-electron chi connectivity index (χ4n) is 1.58. The first-order valence-corrected chi connectivity index (χ1v) is 5.72. The summed E-state index contributed by atoms with van der Waals surface area (Å²) in [4.78, 5) is 0. The van der Waals surface area contributed by atoms with Crippen LogP contribution >= 0.6 is 11.6 Å². The highest BCUT2D eigenvalue weighted by atomic mass is 35.5. The van der Waals surface area contributed by atoms with Crippen LogP contribution in [0.4, 0.5) is 4.39 Å². The second kappa shape index (κ2) is 4.90. The summed E-state index contributed by atoms with van der Waals surface area (Å²) in [6.07, 6.45) is -0.0654. The van der Waals surface area contributed by atoms with E-state index in [2.05, 4.69) is 0 Å². The minimum absolute atomic E-state index is 0.314. The van der Waals surface area contributed by atoms with E-state index >= 15 is 0 Å². The van der Waals surface area contributed by atoms with Gasteiger partial charge in [0.1, 0.15) is 23.4 Å². The molecular weight excluding hydrogens is 243 g/mol. The highest BCUT2D eigenvalue weighted by Crippen LogP contribution is 2.28. The van der Waals surface area contributed by atoms with Crippen molar-refractivity contribution in [3.05, 3.63) is 46.9 Å². The Labute approximate surface area is 104 Å². The number of rotatable bonds is 3. The lowest BCUT2D eigenvalue weighted by molar-refractivity contribution is 0.147. The van der Waals surface area contributed by atoms with E-state index in [9.17, 15) is 9.50 Å². The van der Waals surface area contributed by atoms with Crippen LogP contribution < -0.4 is 0 Å². The van der Waals surface area contributed by atoms with Gasteiger partial charge in [0, 0.05) is 10.6 Å². The predicted molar refractivity (Wildman–Crippen MR) is 64.4 cm³/mol. The van der Waals surface area contributed by atoms with Crippen LogP contribution in [0.15, 0.2) is 34.7 Å². The first kappa shape index (κ1) is 12.1. The molecule has 90 valence electrons. The SMILES string of the molecule is CCC(O)c1ccc(-c2cc(F)cc(Cl)c2)o1. The van der Waals surface area contributed by atoms with Gasteiger partial charge < -0.3 is 9.52 Å². The summed E-state index contributed by atoms with van der Waals surface area (Å²) in [6.45, 7) is 1.85. The van der Waals surface area contributed by atoms with Crippen LogP contribution in [0.5, 0.6) is 0 Å². The predicted octanol–water partition coefficient (Wildman–Crippen LogP) is 4.18. The summed E-state index contributed by atoms with van der Waals surface area (Å²) in [5, 5.41) is 9.92. The second-order valence-electron chi connectivity index (χ2n) is 3.78. The number of halogens is 2. The molecule has 0 fully saturated rings. The van der Waals surface area contributed by atoms with Crippen LogP contribution in [0.25, 0.3) is 11.3 Å². The zero-order valence-electron chi connectivity index (χ0n) is 9.28. The molecule has 1 N–H and O–H groups in total. The summed E-state index contributed by atoms with van der Waals surface area (Å²) >= 11 is 5.77. The summed E-state index contributed by atoms with van der Waals surface area (Å²) in [5.41, 5.74) is 0.560. The van der Waals surface area contributed by atoms with Crippen LogP contribution in [-0.2, 0) is 0 Å². The molecule has 1 unspecified atom stereocenters. The first-order chi connectivity index (χ1) is 8.10. The second-order valence-corrected chi connectivity index (χ2v) is 4.22. The standard InChI is InChI=1S/C13H12ClFO2/c1-2-11(16)13-4-3-12(17-13)8-5-9(14)7-10(15)6-8/h3-7,11,16H,2H2,1H3. The van der Waals surface area contributed by atoms with Crippen LogP contribution in [-0.4, -0.2) is 5.11 Å². The fourth-order valence-corrected chi connectivity index (χ4v) is 1.81. The van der Waals surface area contributed by atoms with E-state index in [0.717, 1.165) is 0 Å². The molecule has 0 amide bonds. The molecule has 0 aliphatic rings. The van der Waals surface area contributed by atoms with Gasteiger partial charge in [-0.05, 0) is 36.8 Å². The Bertz CT molecular complexity index is 502. The Hall–Kier alpha value is -1.32. The van der Waals surface area contributed by atoms with Crippen molar-refractivity contribution in [1.82, 2.24) is 0 Å². The minimum Gasteiger partial charge on any atom is -0.458 e. The van der Waals surface area contributed by atoms with Crippen LogP contribution in [0.1, 0.15) is 25.2 Å². The lowest BCUT2D eigenvalue weighted by atomic mass is 10.2. The third-order valence-corrected chi connectivity index (χ3v) is 2.71. The van der Waals surface area contributed by atoms with E-state index in [1.54, 1.807) is 18.2 Å². The third kappa shape index (κ3) is 2.68.